The molecule has 0 aromatic rings. The molecule has 0 saturated carbocycles. The van der Waals surface area contributed by atoms with Crippen molar-refractivity contribution in [2.75, 3.05) is 0 Å². The van der Waals surface area contributed by atoms with Gasteiger partial charge in [0.05, 0.1) is 0 Å². The van der Waals surface area contributed by atoms with Crippen molar-refractivity contribution in [1.29, 1.82) is 0 Å². The molecule has 3 heteroatoms. The Morgan fingerprint density at radius 1 is 1.86 bits per heavy atom. The van der Waals surface area contributed by atoms with Gasteiger partial charge in [0.2, 0.25) is 0 Å². The molecule has 0 aliphatic carbocycles. The molecule has 0 radical (unpaired) electrons. The molecule has 0 rings (SSSR count). The van der Waals surface area contributed by atoms with E-state index in [4.69, 9.17) is 0 Å². The van der Waals surface area contributed by atoms with Crippen LogP contribution >= 0.6 is 0 Å². The van der Waals surface area contributed by atoms with Gasteiger partial charge in [-0.25, -0.2) is 0 Å². The molecule has 0 aliphatic rings. The Bertz CT molecular complexity index is 70.1. The monoisotopic (exact) mass is 218 g/mol. The van der Waals surface area contributed by atoms with E-state index >= 15 is 0 Å². The van der Waals surface area contributed by atoms with Crippen molar-refractivity contribution < 1.29 is 78.8 Å². The first-order chi connectivity index (χ1) is 2.77. The Hall–Kier alpha value is 1.26. The summed E-state index contributed by atoms with van der Waals surface area (Å²) in [7, 11) is 0. The van der Waals surface area contributed by atoms with E-state index in [0.717, 1.165) is 0 Å². The Morgan fingerprint density at radius 2 is 2.29 bits per heavy atom. The maximum atomic E-state index is 9.42. The standard InChI is InChI=1S/C4H6O2.Cs/c1-2-3-4(5)6;/h2H,1,3H2,(H,5,6);/q;+1/p-1. The van der Waals surface area contributed by atoms with E-state index in [0.29, 0.717) is 0 Å². The number of carboxylic acids is 1. The van der Waals surface area contributed by atoms with Gasteiger partial charge in [-0.05, 0) is 0 Å². The molecule has 2 nitrogen and oxygen atoms in total. The van der Waals surface area contributed by atoms with E-state index in [-0.39, 0.29) is 75.3 Å². The van der Waals surface area contributed by atoms with Gasteiger partial charge in [-0.3, -0.25) is 0 Å². The van der Waals surface area contributed by atoms with Crippen molar-refractivity contribution in [3.05, 3.63) is 12.7 Å². The number of rotatable bonds is 2. The minimum atomic E-state index is -1.08. The van der Waals surface area contributed by atoms with Crippen LogP contribution in [0.2, 0.25) is 0 Å². The zero-order valence-corrected chi connectivity index (χ0v) is 10.6. The molecule has 0 atom stereocenters. The fourth-order valence-electron chi connectivity index (χ4n) is 0.118. The minimum absolute atomic E-state index is 0. The molecule has 0 N–H and O–H groups in total. The van der Waals surface area contributed by atoms with E-state index in [1.54, 1.807) is 0 Å². The molecule has 0 aromatic heterocycles. The third-order valence-electron chi connectivity index (χ3n) is 0.311. The summed E-state index contributed by atoms with van der Waals surface area (Å²) in [6.07, 6.45) is 1.23. The number of carbonyl (C=O) groups is 1. The normalized spacial score (nSPS) is 6.29. The smallest absolute Gasteiger partial charge is 0.550 e. The second-order valence-corrected chi connectivity index (χ2v) is 0.865. The molecule has 7 heavy (non-hydrogen) atoms. The topological polar surface area (TPSA) is 40.1 Å². The van der Waals surface area contributed by atoms with Crippen LogP contribution in [-0.4, -0.2) is 5.97 Å². The Kier molecular flexibility index (Phi) is 11.5. The van der Waals surface area contributed by atoms with Crippen LogP contribution in [0.25, 0.3) is 0 Å². The fourth-order valence-corrected chi connectivity index (χ4v) is 0.118. The summed E-state index contributed by atoms with van der Waals surface area (Å²) in [6.45, 7) is 3.18. The first-order valence-electron chi connectivity index (χ1n) is 1.58. The Labute approximate surface area is 101 Å². The van der Waals surface area contributed by atoms with E-state index in [1.165, 1.54) is 6.08 Å². The summed E-state index contributed by atoms with van der Waals surface area (Å²) in [5.41, 5.74) is 0. The molecule has 0 bridgehead atoms. The van der Waals surface area contributed by atoms with Crippen LogP contribution in [-0.2, 0) is 4.79 Å². The third-order valence-corrected chi connectivity index (χ3v) is 0.311. The third kappa shape index (κ3) is 11.1. The van der Waals surface area contributed by atoms with Crippen molar-refractivity contribution in [3.8, 4) is 0 Å². The maximum absolute atomic E-state index is 9.42. The van der Waals surface area contributed by atoms with Gasteiger partial charge >= 0.3 is 68.9 Å². The van der Waals surface area contributed by atoms with Crippen molar-refractivity contribution in [3.63, 3.8) is 0 Å². The summed E-state index contributed by atoms with van der Waals surface area (Å²) in [5, 5.41) is 9.42. The van der Waals surface area contributed by atoms with Crippen molar-refractivity contribution in [1.82, 2.24) is 0 Å². The summed E-state index contributed by atoms with van der Waals surface area (Å²) >= 11 is 0. The average molecular weight is 218 g/mol. The van der Waals surface area contributed by atoms with Crippen molar-refractivity contribution in [2.45, 2.75) is 6.42 Å². The molecule has 0 fully saturated rings. The van der Waals surface area contributed by atoms with Gasteiger partial charge in [0, 0.05) is 12.4 Å². The van der Waals surface area contributed by atoms with Crippen molar-refractivity contribution >= 4 is 5.97 Å². The molecule has 0 aromatic carbocycles. The minimum Gasteiger partial charge on any atom is -0.550 e. The van der Waals surface area contributed by atoms with E-state index < -0.39 is 5.97 Å². The molecule has 0 spiro atoms. The average Bonchev–Trinajstić information content (AvgIpc) is 1.35. The van der Waals surface area contributed by atoms with Crippen LogP contribution < -0.4 is 74.0 Å². The van der Waals surface area contributed by atoms with Gasteiger partial charge < -0.3 is 9.90 Å². The predicted octanol–water partition coefficient (Wildman–Crippen LogP) is -3.68. The number of hydrogen-bond acceptors (Lipinski definition) is 2. The first kappa shape index (κ1) is 11.1. The van der Waals surface area contributed by atoms with E-state index in [2.05, 4.69) is 6.58 Å². The number of carbonyl (C=O) groups excluding carboxylic acids is 1. The van der Waals surface area contributed by atoms with Crippen molar-refractivity contribution in [2.24, 2.45) is 0 Å². The quantitative estimate of drug-likeness (QED) is 0.448. The van der Waals surface area contributed by atoms with E-state index in [1.807, 2.05) is 0 Å². The molecule has 0 heterocycles. The second-order valence-electron chi connectivity index (χ2n) is 0.865. The van der Waals surface area contributed by atoms with Gasteiger partial charge in [-0.15, -0.1) is 6.58 Å². The maximum Gasteiger partial charge on any atom is 1.00 e. The van der Waals surface area contributed by atoms with Gasteiger partial charge in [0.25, 0.3) is 0 Å². The van der Waals surface area contributed by atoms with Gasteiger partial charge in [-0.2, -0.15) is 0 Å². The predicted molar refractivity (Wildman–Crippen MR) is 19.8 cm³/mol. The van der Waals surface area contributed by atoms with E-state index in [9.17, 15) is 9.90 Å². The molecular formula is C4H5CsO2. The molecule has 0 saturated heterocycles. The summed E-state index contributed by atoms with van der Waals surface area (Å²) in [5.74, 6) is -1.08. The van der Waals surface area contributed by atoms with Crippen LogP contribution in [0.15, 0.2) is 12.7 Å². The zero-order chi connectivity index (χ0) is 4.99. The summed E-state index contributed by atoms with van der Waals surface area (Å²) in [6, 6.07) is 0. The molecule has 34 valence electrons. The van der Waals surface area contributed by atoms with Crippen LogP contribution in [0.4, 0.5) is 0 Å². The van der Waals surface area contributed by atoms with Crippen LogP contribution in [0.1, 0.15) is 6.42 Å². The largest absolute Gasteiger partial charge is 1.00 e. The van der Waals surface area contributed by atoms with Crippen LogP contribution in [0.3, 0.4) is 0 Å². The van der Waals surface area contributed by atoms with Gasteiger partial charge in [-0.1, -0.05) is 6.08 Å². The first-order valence-corrected chi connectivity index (χ1v) is 1.58. The fraction of sp³-hybridized carbons (Fsp3) is 0.250. The number of hydrogen-bond donors (Lipinski definition) is 0. The summed E-state index contributed by atoms with van der Waals surface area (Å²) in [4.78, 5) is 9.42. The Balaban J connectivity index is 0. The summed E-state index contributed by atoms with van der Waals surface area (Å²) < 4.78 is 0. The van der Waals surface area contributed by atoms with Gasteiger partial charge in [0.1, 0.15) is 0 Å². The van der Waals surface area contributed by atoms with Crippen LogP contribution in [0, 0.1) is 0 Å². The molecule has 0 aliphatic heterocycles. The molecular weight excluding hydrogens is 213 g/mol. The second kappa shape index (κ2) is 7.26. The number of carboxylic acid groups (broad SMARTS) is 1. The SMILES string of the molecule is C=CCC(=O)[O-].[Cs+]. The molecule has 0 unspecified atom stereocenters. The zero-order valence-electron chi connectivity index (χ0n) is 4.31. The van der Waals surface area contributed by atoms with Gasteiger partial charge in [0.15, 0.2) is 0 Å². The van der Waals surface area contributed by atoms with Crippen LogP contribution in [0.5, 0.6) is 0 Å². The Morgan fingerprint density at radius 3 is 2.29 bits per heavy atom. The number of aliphatic carboxylic acids is 1. The molecule has 0 amide bonds.